The zero-order valence-electron chi connectivity index (χ0n) is 13.8. The van der Waals surface area contributed by atoms with E-state index in [0.717, 1.165) is 6.42 Å². The molecule has 0 N–H and O–H groups in total. The molecule has 1 unspecified atom stereocenters. The van der Waals surface area contributed by atoms with E-state index in [4.69, 9.17) is 4.74 Å². The van der Waals surface area contributed by atoms with E-state index in [0.29, 0.717) is 18.7 Å². The standard InChI is InChI=1S/C17H25NO4/c1-6-8-11(18-9-7-2)13-12(19)10-17(3,4)14(15(13)20)16(21)22-5/h7,13-14H,2,6,8-10H2,1,3-5H3/t13?,14-/m1/s1. The molecule has 1 fully saturated rings. The first-order valence-corrected chi connectivity index (χ1v) is 7.58. The summed E-state index contributed by atoms with van der Waals surface area (Å²) in [7, 11) is 1.26. The maximum atomic E-state index is 12.8. The van der Waals surface area contributed by atoms with Crippen molar-refractivity contribution in [2.24, 2.45) is 22.2 Å². The van der Waals surface area contributed by atoms with Gasteiger partial charge in [0.15, 0.2) is 5.78 Å². The molecule has 0 aliphatic heterocycles. The fourth-order valence-electron chi connectivity index (χ4n) is 3.02. The van der Waals surface area contributed by atoms with Crippen molar-refractivity contribution in [1.82, 2.24) is 0 Å². The van der Waals surface area contributed by atoms with Crippen LogP contribution >= 0.6 is 0 Å². The van der Waals surface area contributed by atoms with Gasteiger partial charge in [-0.3, -0.25) is 19.4 Å². The van der Waals surface area contributed by atoms with Crippen LogP contribution in [-0.2, 0) is 19.1 Å². The summed E-state index contributed by atoms with van der Waals surface area (Å²) < 4.78 is 4.77. The Labute approximate surface area is 131 Å². The molecule has 0 aromatic carbocycles. The summed E-state index contributed by atoms with van der Waals surface area (Å²) in [6.07, 6.45) is 3.12. The zero-order chi connectivity index (χ0) is 16.9. The monoisotopic (exact) mass is 307 g/mol. The fraction of sp³-hybridized carbons (Fsp3) is 0.647. The Hall–Kier alpha value is -1.78. The molecule has 22 heavy (non-hydrogen) atoms. The number of Topliss-reactive ketones (excluding diaryl/α,β-unsaturated/α-hetero) is 2. The average Bonchev–Trinajstić information content (AvgIpc) is 2.42. The first-order chi connectivity index (χ1) is 10.3. The van der Waals surface area contributed by atoms with Crippen molar-refractivity contribution in [2.75, 3.05) is 13.7 Å². The number of methoxy groups -OCH3 is 1. The maximum Gasteiger partial charge on any atom is 0.316 e. The molecule has 0 amide bonds. The lowest BCUT2D eigenvalue weighted by atomic mass is 9.63. The number of hydrogen-bond acceptors (Lipinski definition) is 5. The number of nitrogens with zero attached hydrogens (tertiary/aromatic N) is 1. The molecular weight excluding hydrogens is 282 g/mol. The third kappa shape index (κ3) is 3.70. The van der Waals surface area contributed by atoms with Gasteiger partial charge in [-0.05, 0) is 11.8 Å². The summed E-state index contributed by atoms with van der Waals surface area (Å²) in [5, 5.41) is 0. The molecule has 0 aromatic rings. The number of carbonyl (C=O) groups is 3. The number of ether oxygens (including phenoxy) is 1. The summed E-state index contributed by atoms with van der Waals surface area (Å²) in [6, 6.07) is 0. The number of ketones is 2. The van der Waals surface area contributed by atoms with E-state index in [1.165, 1.54) is 7.11 Å². The predicted molar refractivity (Wildman–Crippen MR) is 84.8 cm³/mol. The summed E-state index contributed by atoms with van der Waals surface area (Å²) in [5.41, 5.74) is -0.171. The Morgan fingerprint density at radius 1 is 1.45 bits per heavy atom. The fourth-order valence-corrected chi connectivity index (χ4v) is 3.02. The van der Waals surface area contributed by atoms with Crippen molar-refractivity contribution >= 4 is 23.2 Å². The van der Waals surface area contributed by atoms with E-state index < -0.39 is 23.2 Å². The highest BCUT2D eigenvalue weighted by molar-refractivity contribution is 6.26. The SMILES string of the molecule is C=CCN=C(CCC)C1C(=O)CC(C)(C)[C@@H](C(=O)OC)C1=O. The summed E-state index contributed by atoms with van der Waals surface area (Å²) in [5.74, 6) is -2.97. The van der Waals surface area contributed by atoms with Gasteiger partial charge in [-0.15, -0.1) is 6.58 Å². The number of esters is 1. The minimum absolute atomic E-state index is 0.161. The van der Waals surface area contributed by atoms with Crippen LogP contribution in [0.25, 0.3) is 0 Å². The smallest absolute Gasteiger partial charge is 0.316 e. The second-order valence-corrected chi connectivity index (χ2v) is 6.29. The van der Waals surface area contributed by atoms with E-state index in [-0.39, 0.29) is 18.0 Å². The molecule has 0 heterocycles. The van der Waals surface area contributed by atoms with Crippen molar-refractivity contribution in [3.8, 4) is 0 Å². The first kappa shape index (κ1) is 18.3. The highest BCUT2D eigenvalue weighted by Gasteiger charge is 2.52. The molecular formula is C17H25NO4. The van der Waals surface area contributed by atoms with Gasteiger partial charge in [0.2, 0.25) is 0 Å². The van der Waals surface area contributed by atoms with Crippen molar-refractivity contribution in [1.29, 1.82) is 0 Å². The normalized spacial score (nSPS) is 25.0. The molecule has 1 aliphatic carbocycles. The van der Waals surface area contributed by atoms with Gasteiger partial charge in [-0.25, -0.2) is 0 Å². The Morgan fingerprint density at radius 3 is 2.59 bits per heavy atom. The number of aliphatic imine (C=N–C) groups is 1. The Morgan fingerprint density at radius 2 is 2.09 bits per heavy atom. The molecule has 5 heteroatoms. The quantitative estimate of drug-likeness (QED) is 0.327. The first-order valence-electron chi connectivity index (χ1n) is 7.58. The van der Waals surface area contributed by atoms with E-state index in [9.17, 15) is 14.4 Å². The minimum Gasteiger partial charge on any atom is -0.468 e. The van der Waals surface area contributed by atoms with Gasteiger partial charge < -0.3 is 4.74 Å². The van der Waals surface area contributed by atoms with E-state index in [1.54, 1.807) is 19.9 Å². The van der Waals surface area contributed by atoms with Crippen molar-refractivity contribution < 1.29 is 19.1 Å². The van der Waals surface area contributed by atoms with Crippen molar-refractivity contribution in [3.05, 3.63) is 12.7 Å². The van der Waals surface area contributed by atoms with Crippen LogP contribution in [0.2, 0.25) is 0 Å². The summed E-state index contributed by atoms with van der Waals surface area (Å²) in [4.78, 5) is 41.6. The van der Waals surface area contributed by atoms with Gasteiger partial charge in [-0.2, -0.15) is 0 Å². The molecule has 122 valence electrons. The molecule has 1 saturated carbocycles. The molecule has 0 bridgehead atoms. The van der Waals surface area contributed by atoms with Gasteiger partial charge in [0.1, 0.15) is 17.6 Å². The van der Waals surface area contributed by atoms with Crippen molar-refractivity contribution in [2.45, 2.75) is 40.0 Å². The third-order valence-electron chi connectivity index (χ3n) is 4.00. The molecule has 0 saturated heterocycles. The van der Waals surface area contributed by atoms with Crippen LogP contribution in [-0.4, -0.2) is 36.9 Å². The van der Waals surface area contributed by atoms with Gasteiger partial charge in [-0.1, -0.05) is 33.3 Å². The second kappa shape index (κ2) is 7.47. The van der Waals surface area contributed by atoms with E-state index in [1.807, 2.05) is 6.92 Å². The van der Waals surface area contributed by atoms with Gasteiger partial charge in [0.05, 0.1) is 13.7 Å². The van der Waals surface area contributed by atoms with Crippen LogP contribution in [0.4, 0.5) is 0 Å². The second-order valence-electron chi connectivity index (χ2n) is 6.29. The molecule has 5 nitrogen and oxygen atoms in total. The van der Waals surface area contributed by atoms with Crippen molar-refractivity contribution in [3.63, 3.8) is 0 Å². The lowest BCUT2D eigenvalue weighted by molar-refractivity contribution is -0.159. The van der Waals surface area contributed by atoms with E-state index in [2.05, 4.69) is 11.6 Å². The summed E-state index contributed by atoms with van der Waals surface area (Å²) in [6.45, 7) is 9.43. The predicted octanol–water partition coefficient (Wildman–Crippen LogP) is 2.39. The van der Waals surface area contributed by atoms with Crippen LogP contribution in [0.1, 0.15) is 40.0 Å². The van der Waals surface area contributed by atoms with Gasteiger partial charge in [0, 0.05) is 12.1 Å². The van der Waals surface area contributed by atoms with Gasteiger partial charge in [0.25, 0.3) is 0 Å². The maximum absolute atomic E-state index is 12.8. The lowest BCUT2D eigenvalue weighted by Crippen LogP contribution is -2.52. The Balaban J connectivity index is 3.23. The summed E-state index contributed by atoms with van der Waals surface area (Å²) >= 11 is 0. The van der Waals surface area contributed by atoms with Crippen LogP contribution in [0, 0.1) is 17.3 Å². The largest absolute Gasteiger partial charge is 0.468 e. The third-order valence-corrected chi connectivity index (χ3v) is 4.00. The van der Waals surface area contributed by atoms with Crippen LogP contribution in [0.3, 0.4) is 0 Å². The minimum atomic E-state index is -0.925. The van der Waals surface area contributed by atoms with Crippen LogP contribution < -0.4 is 0 Å². The Kier molecular flexibility index (Phi) is 6.21. The lowest BCUT2D eigenvalue weighted by Gasteiger charge is -2.38. The zero-order valence-corrected chi connectivity index (χ0v) is 13.8. The topological polar surface area (TPSA) is 72.8 Å². The molecule has 1 rings (SSSR count). The van der Waals surface area contributed by atoms with Gasteiger partial charge >= 0.3 is 5.97 Å². The highest BCUT2D eigenvalue weighted by atomic mass is 16.5. The molecule has 0 radical (unpaired) electrons. The van der Waals surface area contributed by atoms with Crippen LogP contribution in [0.15, 0.2) is 17.6 Å². The number of rotatable bonds is 6. The number of carbonyl (C=O) groups excluding carboxylic acids is 3. The molecule has 1 aliphatic rings. The average molecular weight is 307 g/mol. The van der Waals surface area contributed by atoms with Crippen LogP contribution in [0.5, 0.6) is 0 Å². The molecule has 0 aromatic heterocycles. The van der Waals surface area contributed by atoms with E-state index >= 15 is 0 Å². The number of hydrogen-bond donors (Lipinski definition) is 0. The molecule has 0 spiro atoms. The Bertz CT molecular complexity index is 505. The molecule has 2 atom stereocenters. The highest BCUT2D eigenvalue weighted by Crippen LogP contribution is 2.40.